The first-order valence-electron chi connectivity index (χ1n) is 6.48. The van der Waals surface area contributed by atoms with Crippen molar-refractivity contribution in [2.45, 2.75) is 24.3 Å². The fraction of sp³-hybridized carbons (Fsp3) is 0.200. The molecule has 6 heteroatoms. The van der Waals surface area contributed by atoms with E-state index in [1.54, 1.807) is 12.1 Å². The number of benzene rings is 2. The first-order valence-corrected chi connectivity index (χ1v) is 9.51. The zero-order valence-corrected chi connectivity index (χ0v) is 15.2. The quantitative estimate of drug-likeness (QED) is 0.710. The molecule has 1 aliphatic rings. The van der Waals surface area contributed by atoms with E-state index in [9.17, 15) is 8.42 Å². The molecule has 0 bridgehead atoms. The number of halogens is 2. The molecule has 0 aromatic heterocycles. The van der Waals surface area contributed by atoms with Gasteiger partial charge >= 0.3 is 0 Å². The molecule has 0 N–H and O–H groups in total. The number of anilines is 1. The normalized spacial score (nSPS) is 17.9. The Balaban J connectivity index is 2.17. The fourth-order valence-electron chi connectivity index (χ4n) is 2.68. The summed E-state index contributed by atoms with van der Waals surface area (Å²) in [6.45, 7) is 1.93. The maximum atomic E-state index is 13.1. The molecule has 2 aromatic carbocycles. The Morgan fingerprint density at radius 3 is 2.62 bits per heavy atom. The van der Waals surface area contributed by atoms with Gasteiger partial charge in [0, 0.05) is 15.0 Å². The predicted molar refractivity (Wildman–Crippen MR) is 91.1 cm³/mol. The van der Waals surface area contributed by atoms with Crippen LogP contribution < -0.4 is 4.31 Å². The van der Waals surface area contributed by atoms with E-state index < -0.39 is 10.0 Å². The topological polar surface area (TPSA) is 37.4 Å². The molecule has 3 rings (SSSR count). The lowest BCUT2D eigenvalue weighted by Gasteiger charge is -2.25. The van der Waals surface area contributed by atoms with E-state index in [0.717, 1.165) is 22.1 Å². The lowest BCUT2D eigenvalue weighted by atomic mass is 10.1. The zero-order valence-electron chi connectivity index (χ0n) is 11.3. The van der Waals surface area contributed by atoms with Crippen molar-refractivity contribution in [2.24, 2.45) is 0 Å². The highest BCUT2D eigenvalue weighted by atomic mass is 79.9. The number of nitrogens with zero attached hydrogens (tertiary/aromatic N) is 1. The molecular weight excluding hydrogens is 418 g/mol. The minimum absolute atomic E-state index is 0.0849. The van der Waals surface area contributed by atoms with Crippen molar-refractivity contribution in [1.29, 1.82) is 0 Å². The van der Waals surface area contributed by atoms with Crippen molar-refractivity contribution in [1.82, 2.24) is 0 Å². The summed E-state index contributed by atoms with van der Waals surface area (Å²) in [6, 6.07) is 12.8. The van der Waals surface area contributed by atoms with Gasteiger partial charge in [-0.05, 0) is 59.1 Å². The molecule has 0 fully saturated rings. The van der Waals surface area contributed by atoms with E-state index in [0.29, 0.717) is 4.47 Å². The summed E-state index contributed by atoms with van der Waals surface area (Å²) in [4.78, 5) is 0.278. The van der Waals surface area contributed by atoms with Gasteiger partial charge in [0.25, 0.3) is 10.0 Å². The molecule has 0 saturated carbocycles. The Kier molecular flexibility index (Phi) is 3.88. The maximum absolute atomic E-state index is 13.1. The van der Waals surface area contributed by atoms with Gasteiger partial charge in [-0.25, -0.2) is 8.42 Å². The number of sulfonamides is 1. The van der Waals surface area contributed by atoms with Gasteiger partial charge in [-0.1, -0.05) is 34.1 Å². The SMILES string of the molecule is CC1Cc2ccccc2N1S(=O)(=O)c1cc(Br)ccc1Br. The Morgan fingerprint density at radius 2 is 1.86 bits per heavy atom. The van der Waals surface area contributed by atoms with E-state index in [4.69, 9.17) is 0 Å². The number of hydrogen-bond donors (Lipinski definition) is 0. The van der Waals surface area contributed by atoms with Crippen LogP contribution in [-0.2, 0) is 16.4 Å². The molecule has 2 aromatic rings. The minimum Gasteiger partial charge on any atom is -0.263 e. The van der Waals surface area contributed by atoms with E-state index in [1.165, 1.54) is 4.31 Å². The van der Waals surface area contributed by atoms with Crippen LogP contribution in [0.25, 0.3) is 0 Å². The molecule has 0 saturated heterocycles. The van der Waals surface area contributed by atoms with Crippen LogP contribution in [-0.4, -0.2) is 14.5 Å². The van der Waals surface area contributed by atoms with Crippen LogP contribution in [0.5, 0.6) is 0 Å². The number of hydrogen-bond acceptors (Lipinski definition) is 2. The summed E-state index contributed by atoms with van der Waals surface area (Å²) < 4.78 is 28.9. The van der Waals surface area contributed by atoms with E-state index in [2.05, 4.69) is 31.9 Å². The van der Waals surface area contributed by atoms with Crippen molar-refractivity contribution in [3.05, 3.63) is 57.0 Å². The first-order chi connectivity index (χ1) is 9.91. The molecule has 0 radical (unpaired) electrons. The van der Waals surface area contributed by atoms with Gasteiger partial charge in [0.15, 0.2) is 0 Å². The van der Waals surface area contributed by atoms with Crippen LogP contribution in [0.2, 0.25) is 0 Å². The van der Waals surface area contributed by atoms with Gasteiger partial charge in [0.2, 0.25) is 0 Å². The highest BCUT2D eigenvalue weighted by molar-refractivity contribution is 9.11. The standard InChI is InChI=1S/C15H13Br2NO2S/c1-10-8-11-4-2-3-5-14(11)18(10)21(19,20)15-9-12(16)6-7-13(15)17/h2-7,9-10H,8H2,1H3. The Labute approximate surface area is 141 Å². The Bertz CT molecular complexity index is 805. The summed E-state index contributed by atoms with van der Waals surface area (Å²) >= 11 is 6.69. The lowest BCUT2D eigenvalue weighted by molar-refractivity contribution is 0.583. The summed E-state index contributed by atoms with van der Waals surface area (Å²) in [5.74, 6) is 0. The number of rotatable bonds is 2. The van der Waals surface area contributed by atoms with Crippen LogP contribution >= 0.6 is 31.9 Å². The van der Waals surface area contributed by atoms with Crippen LogP contribution in [0.15, 0.2) is 56.3 Å². The van der Waals surface area contributed by atoms with Crippen LogP contribution in [0, 0.1) is 0 Å². The molecule has 1 unspecified atom stereocenters. The second kappa shape index (κ2) is 5.41. The molecule has 1 aliphatic heterocycles. The van der Waals surface area contributed by atoms with Crippen LogP contribution in [0.3, 0.4) is 0 Å². The second-order valence-electron chi connectivity index (χ2n) is 5.06. The van der Waals surface area contributed by atoms with Gasteiger partial charge in [0.05, 0.1) is 5.69 Å². The van der Waals surface area contributed by atoms with Crippen LogP contribution in [0.4, 0.5) is 5.69 Å². The Hall–Kier alpha value is -0.850. The summed E-state index contributed by atoms with van der Waals surface area (Å²) in [5.41, 5.74) is 1.84. The van der Waals surface area contributed by atoms with Crippen molar-refractivity contribution in [2.75, 3.05) is 4.31 Å². The number of fused-ring (bicyclic) bond motifs is 1. The van der Waals surface area contributed by atoms with Gasteiger partial charge in [0.1, 0.15) is 4.90 Å². The molecule has 0 aliphatic carbocycles. The molecular formula is C15H13Br2NO2S. The largest absolute Gasteiger partial charge is 0.265 e. The van der Waals surface area contributed by atoms with E-state index >= 15 is 0 Å². The zero-order chi connectivity index (χ0) is 15.2. The summed E-state index contributed by atoms with van der Waals surface area (Å²) in [7, 11) is -3.60. The Morgan fingerprint density at radius 1 is 1.14 bits per heavy atom. The molecule has 3 nitrogen and oxygen atoms in total. The second-order valence-corrected chi connectivity index (χ2v) is 8.61. The van der Waals surface area contributed by atoms with Crippen LogP contribution in [0.1, 0.15) is 12.5 Å². The first kappa shape index (κ1) is 15.1. The lowest BCUT2D eigenvalue weighted by Crippen LogP contribution is -2.35. The molecule has 21 heavy (non-hydrogen) atoms. The van der Waals surface area contributed by atoms with Gasteiger partial charge in [-0.15, -0.1) is 0 Å². The average molecular weight is 431 g/mol. The average Bonchev–Trinajstić information content (AvgIpc) is 2.77. The predicted octanol–water partition coefficient (Wildman–Crippen LogP) is 4.35. The smallest absolute Gasteiger partial charge is 0.263 e. The minimum atomic E-state index is -3.60. The van der Waals surface area contributed by atoms with Crippen molar-refractivity contribution in [3.63, 3.8) is 0 Å². The van der Waals surface area contributed by atoms with Crippen molar-refractivity contribution >= 4 is 47.6 Å². The third-order valence-corrected chi connectivity index (χ3v) is 6.99. The third kappa shape index (κ3) is 2.53. The van der Waals surface area contributed by atoms with Gasteiger partial charge < -0.3 is 0 Å². The highest BCUT2D eigenvalue weighted by Crippen LogP contribution is 2.38. The van der Waals surface area contributed by atoms with Crippen molar-refractivity contribution in [3.8, 4) is 0 Å². The summed E-state index contributed by atoms with van der Waals surface area (Å²) in [6.07, 6.45) is 0.737. The van der Waals surface area contributed by atoms with E-state index in [-0.39, 0.29) is 10.9 Å². The molecule has 1 atom stereocenters. The van der Waals surface area contributed by atoms with Crippen molar-refractivity contribution < 1.29 is 8.42 Å². The third-order valence-electron chi connectivity index (χ3n) is 3.57. The maximum Gasteiger partial charge on any atom is 0.265 e. The monoisotopic (exact) mass is 429 g/mol. The van der Waals surface area contributed by atoms with Gasteiger partial charge in [-0.3, -0.25) is 4.31 Å². The van der Waals surface area contributed by atoms with E-state index in [1.807, 2.05) is 37.3 Å². The highest BCUT2D eigenvalue weighted by Gasteiger charge is 2.36. The summed E-state index contributed by atoms with van der Waals surface area (Å²) in [5, 5.41) is 0. The molecule has 1 heterocycles. The number of para-hydroxylation sites is 1. The van der Waals surface area contributed by atoms with Gasteiger partial charge in [-0.2, -0.15) is 0 Å². The molecule has 0 amide bonds. The fourth-order valence-corrected chi connectivity index (χ4v) is 5.84. The molecule has 0 spiro atoms. The molecule has 110 valence electrons.